The number of aryl methyl sites for hydroxylation is 2. The Bertz CT molecular complexity index is 975. The Labute approximate surface area is 153 Å². The zero-order chi connectivity index (χ0) is 17.6. The fourth-order valence-electron chi connectivity index (χ4n) is 3.43. The number of halogens is 2. The molecule has 24 heavy (non-hydrogen) atoms. The highest BCUT2D eigenvalue weighted by atomic mass is 127. The highest BCUT2D eigenvalue weighted by molar-refractivity contribution is 14.1. The third-order valence-electron chi connectivity index (χ3n) is 4.40. The smallest absolute Gasteiger partial charge is 0.250 e. The average molecular weight is 436 g/mol. The molecular weight excluding hydrogens is 418 g/mol. The van der Waals surface area contributed by atoms with Crippen LogP contribution in [0, 0.1) is 23.2 Å². The van der Waals surface area contributed by atoms with Gasteiger partial charge in [-0.2, -0.15) is 0 Å². The number of carbonyl (C=O) groups is 1. The summed E-state index contributed by atoms with van der Waals surface area (Å²) in [6.45, 7) is 5.84. The maximum Gasteiger partial charge on any atom is 0.250 e. The zero-order valence-corrected chi connectivity index (χ0v) is 15.9. The predicted molar refractivity (Wildman–Crippen MR) is 104 cm³/mol. The number of amides is 1. The first-order valence-electron chi connectivity index (χ1n) is 7.75. The predicted octanol–water partition coefficient (Wildman–Crippen LogP) is 4.86. The number of hydrogen-bond acceptors (Lipinski definition) is 1. The molecule has 1 heterocycles. The third-order valence-corrected chi connectivity index (χ3v) is 5.26. The van der Waals surface area contributed by atoms with Crippen LogP contribution in [0.4, 0.5) is 4.39 Å². The third kappa shape index (κ3) is 2.51. The second kappa shape index (κ2) is 6.20. The van der Waals surface area contributed by atoms with E-state index in [-0.39, 0.29) is 5.82 Å². The Morgan fingerprint density at radius 3 is 2.62 bits per heavy atom. The first kappa shape index (κ1) is 17.0. The number of aromatic amines is 1. The first-order chi connectivity index (χ1) is 11.4. The van der Waals surface area contributed by atoms with Crippen LogP contribution in [0.5, 0.6) is 0 Å². The largest absolute Gasteiger partial charge is 0.366 e. The molecular formula is C19H18FIN2O. The summed E-state index contributed by atoms with van der Waals surface area (Å²) >= 11 is 1.97. The fraction of sp³-hybridized carbons (Fsp3) is 0.211. The van der Waals surface area contributed by atoms with Crippen molar-refractivity contribution in [2.75, 3.05) is 0 Å². The van der Waals surface area contributed by atoms with Crippen molar-refractivity contribution in [2.24, 2.45) is 5.73 Å². The summed E-state index contributed by atoms with van der Waals surface area (Å²) in [7, 11) is 0. The van der Waals surface area contributed by atoms with Crippen molar-refractivity contribution in [1.82, 2.24) is 4.98 Å². The molecule has 1 aromatic heterocycles. The summed E-state index contributed by atoms with van der Waals surface area (Å²) in [5, 5.41) is 0.986. The second-order valence-corrected chi connectivity index (χ2v) is 7.07. The van der Waals surface area contributed by atoms with Crippen LogP contribution in [0.3, 0.4) is 0 Å². The van der Waals surface area contributed by atoms with Gasteiger partial charge in [0.15, 0.2) is 0 Å². The molecule has 0 spiro atoms. The number of nitrogens with two attached hydrogens (primary N) is 1. The van der Waals surface area contributed by atoms with Crippen molar-refractivity contribution in [3.05, 3.63) is 56.0 Å². The highest BCUT2D eigenvalue weighted by Crippen LogP contribution is 2.40. The van der Waals surface area contributed by atoms with Crippen molar-refractivity contribution < 1.29 is 9.18 Å². The molecule has 0 atom stereocenters. The second-order valence-electron chi connectivity index (χ2n) is 5.91. The number of H-pyrrole nitrogens is 1. The molecule has 5 heteroatoms. The van der Waals surface area contributed by atoms with Gasteiger partial charge in [-0.15, -0.1) is 0 Å². The summed E-state index contributed by atoms with van der Waals surface area (Å²) in [5.74, 6) is -0.847. The van der Waals surface area contributed by atoms with Crippen LogP contribution < -0.4 is 5.73 Å². The normalized spacial score (nSPS) is 11.2. The molecule has 2 aromatic carbocycles. The van der Waals surface area contributed by atoms with E-state index in [1.807, 2.05) is 61.6 Å². The molecule has 1 amide bonds. The lowest BCUT2D eigenvalue weighted by atomic mass is 9.90. The SMILES string of the molecule is CCc1c(C(N)=O)c(I)cc(F)c1-c1c(C)[nH]c2cccc(C)c12. The van der Waals surface area contributed by atoms with E-state index in [1.54, 1.807) is 0 Å². The van der Waals surface area contributed by atoms with Gasteiger partial charge < -0.3 is 10.7 Å². The van der Waals surface area contributed by atoms with E-state index in [1.165, 1.54) is 6.07 Å². The number of rotatable bonds is 3. The summed E-state index contributed by atoms with van der Waals surface area (Å²) in [4.78, 5) is 15.3. The lowest BCUT2D eigenvalue weighted by Crippen LogP contribution is -2.17. The van der Waals surface area contributed by atoms with Crippen molar-refractivity contribution in [1.29, 1.82) is 0 Å². The molecule has 0 aliphatic heterocycles. The van der Waals surface area contributed by atoms with Gasteiger partial charge in [-0.3, -0.25) is 4.79 Å². The number of carbonyl (C=O) groups excluding carboxylic acids is 1. The van der Waals surface area contributed by atoms with Gasteiger partial charge in [-0.25, -0.2) is 4.39 Å². The summed E-state index contributed by atoms with van der Waals surface area (Å²) < 4.78 is 15.5. The molecule has 0 bridgehead atoms. The maximum atomic E-state index is 15.0. The molecule has 0 saturated heterocycles. The van der Waals surface area contributed by atoms with Gasteiger partial charge in [0.05, 0.1) is 5.56 Å². The van der Waals surface area contributed by atoms with Gasteiger partial charge in [-0.1, -0.05) is 19.1 Å². The minimum absolute atomic E-state index is 0.325. The van der Waals surface area contributed by atoms with Gasteiger partial charge in [0, 0.05) is 31.3 Å². The lowest BCUT2D eigenvalue weighted by Gasteiger charge is -2.16. The molecule has 0 aliphatic carbocycles. The zero-order valence-electron chi connectivity index (χ0n) is 13.8. The molecule has 0 fully saturated rings. The topological polar surface area (TPSA) is 58.9 Å². The van der Waals surface area contributed by atoms with E-state index < -0.39 is 5.91 Å². The molecule has 0 aliphatic rings. The van der Waals surface area contributed by atoms with Gasteiger partial charge in [0.1, 0.15) is 5.82 Å². The van der Waals surface area contributed by atoms with Crippen LogP contribution in [-0.4, -0.2) is 10.9 Å². The molecule has 3 rings (SSSR count). The number of fused-ring (bicyclic) bond motifs is 1. The Balaban J connectivity index is 2.50. The van der Waals surface area contributed by atoms with E-state index in [0.29, 0.717) is 26.7 Å². The number of aromatic nitrogens is 1. The van der Waals surface area contributed by atoms with Crippen LogP contribution >= 0.6 is 22.6 Å². The average Bonchev–Trinajstić information content (AvgIpc) is 2.83. The van der Waals surface area contributed by atoms with Gasteiger partial charge >= 0.3 is 0 Å². The summed E-state index contributed by atoms with van der Waals surface area (Å²) in [5.41, 5.74) is 10.8. The quantitative estimate of drug-likeness (QED) is 0.567. The van der Waals surface area contributed by atoms with E-state index in [4.69, 9.17) is 5.73 Å². The van der Waals surface area contributed by atoms with Gasteiger partial charge in [0.2, 0.25) is 5.91 Å². The van der Waals surface area contributed by atoms with Crippen molar-refractivity contribution in [3.8, 4) is 11.1 Å². The Morgan fingerprint density at radius 2 is 2.00 bits per heavy atom. The monoisotopic (exact) mass is 436 g/mol. The standard InChI is InChI=1S/C19H18FIN2O/c1-4-11-17(12(20)8-13(21)18(11)19(22)24)16-10(3)23-14-7-5-6-9(2)15(14)16/h5-8,23H,4H2,1-3H3,(H2,22,24). The van der Waals surface area contributed by atoms with Crippen molar-refractivity contribution >= 4 is 39.4 Å². The Morgan fingerprint density at radius 1 is 1.29 bits per heavy atom. The van der Waals surface area contributed by atoms with E-state index in [0.717, 1.165) is 27.7 Å². The van der Waals surface area contributed by atoms with Crippen molar-refractivity contribution in [3.63, 3.8) is 0 Å². The minimum atomic E-state index is -0.522. The van der Waals surface area contributed by atoms with Gasteiger partial charge in [0.25, 0.3) is 0 Å². The van der Waals surface area contributed by atoms with Crippen molar-refractivity contribution in [2.45, 2.75) is 27.2 Å². The van der Waals surface area contributed by atoms with Crippen LogP contribution in [0.1, 0.15) is 34.1 Å². The maximum absolute atomic E-state index is 15.0. The lowest BCUT2D eigenvalue weighted by molar-refractivity contribution is 0.0998. The molecule has 3 nitrogen and oxygen atoms in total. The van der Waals surface area contributed by atoms with E-state index in [9.17, 15) is 9.18 Å². The van der Waals surface area contributed by atoms with E-state index >= 15 is 0 Å². The Kier molecular flexibility index (Phi) is 4.38. The first-order valence-corrected chi connectivity index (χ1v) is 8.83. The number of primary amides is 1. The summed E-state index contributed by atoms with van der Waals surface area (Å²) in [6.07, 6.45) is 0.527. The highest BCUT2D eigenvalue weighted by Gasteiger charge is 2.24. The molecule has 0 saturated carbocycles. The minimum Gasteiger partial charge on any atom is -0.366 e. The molecule has 0 unspecified atom stereocenters. The molecule has 3 N–H and O–H groups in total. The summed E-state index contributed by atoms with van der Waals surface area (Å²) in [6, 6.07) is 7.34. The number of benzene rings is 2. The fourth-order valence-corrected chi connectivity index (χ4v) is 4.29. The molecule has 3 aromatic rings. The number of nitrogens with one attached hydrogen (secondary N) is 1. The van der Waals surface area contributed by atoms with Crippen LogP contribution in [-0.2, 0) is 6.42 Å². The molecule has 0 radical (unpaired) electrons. The van der Waals surface area contributed by atoms with E-state index in [2.05, 4.69) is 4.98 Å². The van der Waals surface area contributed by atoms with Crippen LogP contribution in [0.25, 0.3) is 22.0 Å². The van der Waals surface area contributed by atoms with Crippen LogP contribution in [0.15, 0.2) is 24.3 Å². The van der Waals surface area contributed by atoms with Crippen LogP contribution in [0.2, 0.25) is 0 Å². The number of hydrogen-bond donors (Lipinski definition) is 2. The molecule has 124 valence electrons. The Hall–Kier alpha value is -1.89. The van der Waals surface area contributed by atoms with Gasteiger partial charge in [-0.05, 0) is 66.1 Å².